The van der Waals surface area contributed by atoms with Gasteiger partial charge in [0.25, 0.3) is 0 Å². The van der Waals surface area contributed by atoms with Crippen LogP contribution in [-0.2, 0) is 6.18 Å². The zero-order valence-electron chi connectivity index (χ0n) is 19.3. The van der Waals surface area contributed by atoms with Crippen LogP contribution in [0.15, 0.2) is 42.5 Å². The van der Waals surface area contributed by atoms with Crippen molar-refractivity contribution in [2.45, 2.75) is 64.1 Å². The maximum absolute atomic E-state index is 13.3. The maximum atomic E-state index is 13.3. The van der Waals surface area contributed by atoms with Gasteiger partial charge in [-0.05, 0) is 93.3 Å². The van der Waals surface area contributed by atoms with Crippen molar-refractivity contribution in [1.82, 2.24) is 5.32 Å². The smallest absolute Gasteiger partial charge is 0.381 e. The second-order valence-electron chi connectivity index (χ2n) is 9.52. The lowest BCUT2D eigenvalue weighted by atomic mass is 9.70. The van der Waals surface area contributed by atoms with Crippen LogP contribution in [0, 0.1) is 17.8 Å². The number of halogens is 3. The number of allylic oxidation sites excluding steroid dienone is 3. The van der Waals surface area contributed by atoms with Crippen LogP contribution in [0.25, 0.3) is 0 Å². The summed E-state index contributed by atoms with van der Waals surface area (Å²) in [5.41, 5.74) is 6.64. The highest BCUT2D eigenvalue weighted by Gasteiger charge is 2.39. The lowest BCUT2D eigenvalue weighted by Crippen LogP contribution is -2.42. The number of rotatable bonds is 10. The molecule has 0 saturated heterocycles. The van der Waals surface area contributed by atoms with Crippen LogP contribution < -0.4 is 16.4 Å². The highest BCUT2D eigenvalue weighted by Crippen LogP contribution is 2.45. The molecule has 0 amide bonds. The molecule has 1 heterocycles. The van der Waals surface area contributed by atoms with E-state index < -0.39 is 11.7 Å². The van der Waals surface area contributed by atoms with Crippen LogP contribution in [0.2, 0.25) is 0 Å². The minimum atomic E-state index is -4.32. The van der Waals surface area contributed by atoms with Crippen LogP contribution in [0.4, 0.5) is 18.9 Å². The Morgan fingerprint density at radius 1 is 1.22 bits per heavy atom. The van der Waals surface area contributed by atoms with E-state index in [0.29, 0.717) is 11.8 Å². The maximum Gasteiger partial charge on any atom is 0.416 e. The summed E-state index contributed by atoms with van der Waals surface area (Å²) in [5.74, 6) is 1.23. The Morgan fingerprint density at radius 2 is 2.03 bits per heavy atom. The Balaban J connectivity index is 1.72. The first kappa shape index (κ1) is 24.8. The summed E-state index contributed by atoms with van der Waals surface area (Å²) < 4.78 is 40.0. The lowest BCUT2D eigenvalue weighted by Gasteiger charge is -2.43. The number of alkyl halides is 3. The van der Waals surface area contributed by atoms with Gasteiger partial charge < -0.3 is 16.4 Å². The standard InChI is InChI=1S/C26H38F3N3/c1-18(17-31-15-7-6-14-30)10-12-22-19(2)23-16-21(26(27,28)29)11-13-24(23)32-25(22)20-8-4-3-5-9-20/h3-5,8,11,13,16,18-20,22,25,31-32H,6-7,9-10,12,14-15,17,30H2,1-2H3/t18-,19+,20?,22-,25+/m1/s1. The van der Waals surface area contributed by atoms with Crippen molar-refractivity contribution in [3.05, 3.63) is 53.6 Å². The van der Waals surface area contributed by atoms with Crippen molar-refractivity contribution in [3.8, 4) is 0 Å². The van der Waals surface area contributed by atoms with Crippen LogP contribution in [0.3, 0.4) is 0 Å². The topological polar surface area (TPSA) is 50.1 Å². The van der Waals surface area contributed by atoms with Crippen molar-refractivity contribution in [2.75, 3.05) is 25.0 Å². The van der Waals surface area contributed by atoms with Gasteiger partial charge in [-0.3, -0.25) is 0 Å². The summed E-state index contributed by atoms with van der Waals surface area (Å²) in [7, 11) is 0. The Labute approximate surface area is 190 Å². The monoisotopic (exact) mass is 449 g/mol. The molecule has 4 N–H and O–H groups in total. The van der Waals surface area contributed by atoms with Gasteiger partial charge in [-0.25, -0.2) is 0 Å². The van der Waals surface area contributed by atoms with Crippen LogP contribution in [-0.4, -0.2) is 25.7 Å². The fraction of sp³-hybridized carbons (Fsp3) is 0.615. The molecule has 1 aliphatic heterocycles. The molecule has 0 fully saturated rings. The number of hydrogen-bond donors (Lipinski definition) is 3. The second kappa shape index (κ2) is 11.4. The molecule has 0 bridgehead atoms. The van der Waals surface area contributed by atoms with Crippen LogP contribution in [0.1, 0.15) is 63.0 Å². The molecule has 32 heavy (non-hydrogen) atoms. The molecule has 178 valence electrons. The first-order valence-electron chi connectivity index (χ1n) is 12.0. The van der Waals surface area contributed by atoms with Crippen molar-refractivity contribution >= 4 is 5.69 Å². The normalized spacial score (nSPS) is 25.9. The zero-order valence-corrected chi connectivity index (χ0v) is 19.3. The molecule has 2 aliphatic rings. The molecule has 0 radical (unpaired) electrons. The highest BCUT2D eigenvalue weighted by atomic mass is 19.4. The van der Waals surface area contributed by atoms with Crippen molar-refractivity contribution in [3.63, 3.8) is 0 Å². The first-order chi connectivity index (χ1) is 15.3. The van der Waals surface area contributed by atoms with Crippen molar-refractivity contribution in [2.24, 2.45) is 23.5 Å². The number of nitrogens with two attached hydrogens (primary N) is 1. The third-order valence-electron chi connectivity index (χ3n) is 7.06. The van der Waals surface area contributed by atoms with Gasteiger partial charge in [0.2, 0.25) is 0 Å². The molecular weight excluding hydrogens is 411 g/mol. The van der Waals surface area contributed by atoms with E-state index in [4.69, 9.17) is 5.73 Å². The van der Waals surface area contributed by atoms with E-state index in [1.807, 2.05) is 0 Å². The summed E-state index contributed by atoms with van der Waals surface area (Å²) in [6.07, 6.45) is 9.41. The Kier molecular flexibility index (Phi) is 8.83. The quantitative estimate of drug-likeness (QED) is 0.379. The molecule has 3 nitrogen and oxygen atoms in total. The second-order valence-corrected chi connectivity index (χ2v) is 9.52. The summed E-state index contributed by atoms with van der Waals surface area (Å²) in [5, 5.41) is 7.15. The first-order valence-corrected chi connectivity index (χ1v) is 12.0. The fourth-order valence-corrected chi connectivity index (χ4v) is 5.12. The third kappa shape index (κ3) is 6.38. The number of nitrogens with one attached hydrogen (secondary N) is 2. The Bertz CT molecular complexity index is 787. The van der Waals surface area contributed by atoms with Gasteiger partial charge in [0.05, 0.1) is 5.56 Å². The largest absolute Gasteiger partial charge is 0.416 e. The molecule has 0 spiro atoms. The minimum Gasteiger partial charge on any atom is -0.381 e. The predicted molar refractivity (Wildman–Crippen MR) is 127 cm³/mol. The number of fused-ring (bicyclic) bond motifs is 1. The predicted octanol–water partition coefficient (Wildman–Crippen LogP) is 6.10. The molecule has 6 heteroatoms. The zero-order chi connectivity index (χ0) is 23.1. The number of anilines is 1. The van der Waals surface area contributed by atoms with E-state index in [1.54, 1.807) is 6.07 Å². The average molecular weight is 450 g/mol. The highest BCUT2D eigenvalue weighted by molar-refractivity contribution is 5.58. The molecular formula is C26H38F3N3. The van der Waals surface area contributed by atoms with E-state index >= 15 is 0 Å². The van der Waals surface area contributed by atoms with Gasteiger partial charge in [-0.15, -0.1) is 0 Å². The molecule has 3 rings (SSSR count). The van der Waals surface area contributed by atoms with Gasteiger partial charge in [0.15, 0.2) is 0 Å². The average Bonchev–Trinajstić information content (AvgIpc) is 2.78. The van der Waals surface area contributed by atoms with Crippen molar-refractivity contribution in [1.29, 1.82) is 0 Å². The van der Waals surface area contributed by atoms with Gasteiger partial charge in [0.1, 0.15) is 0 Å². The van der Waals surface area contributed by atoms with E-state index in [9.17, 15) is 13.2 Å². The van der Waals surface area contributed by atoms with E-state index in [0.717, 1.165) is 63.0 Å². The number of unbranched alkanes of at least 4 members (excludes halogenated alkanes) is 1. The molecule has 0 aromatic heterocycles. The van der Waals surface area contributed by atoms with Gasteiger partial charge in [0, 0.05) is 17.6 Å². The molecule has 1 aliphatic carbocycles. The Morgan fingerprint density at radius 3 is 2.72 bits per heavy atom. The summed E-state index contributed by atoms with van der Waals surface area (Å²) >= 11 is 0. The van der Waals surface area contributed by atoms with Crippen LogP contribution in [0.5, 0.6) is 0 Å². The molecule has 1 aromatic rings. The molecule has 1 unspecified atom stereocenters. The van der Waals surface area contributed by atoms with Gasteiger partial charge in [-0.2, -0.15) is 13.2 Å². The summed E-state index contributed by atoms with van der Waals surface area (Å²) in [4.78, 5) is 0. The molecule has 5 atom stereocenters. The van der Waals surface area contributed by atoms with Crippen molar-refractivity contribution < 1.29 is 13.2 Å². The summed E-state index contributed by atoms with van der Waals surface area (Å²) in [6, 6.07) is 4.40. The molecule has 1 aromatic carbocycles. The third-order valence-corrected chi connectivity index (χ3v) is 7.06. The van der Waals surface area contributed by atoms with Gasteiger partial charge in [-0.1, -0.05) is 38.2 Å². The van der Waals surface area contributed by atoms with E-state index in [2.05, 4.69) is 48.8 Å². The van der Waals surface area contributed by atoms with Gasteiger partial charge >= 0.3 is 6.18 Å². The molecule has 0 saturated carbocycles. The fourth-order valence-electron chi connectivity index (χ4n) is 5.12. The van der Waals surface area contributed by atoms with E-state index in [-0.39, 0.29) is 17.9 Å². The number of hydrogen-bond acceptors (Lipinski definition) is 3. The lowest BCUT2D eigenvalue weighted by molar-refractivity contribution is -0.137. The van der Waals surface area contributed by atoms with Crippen LogP contribution >= 0.6 is 0 Å². The summed E-state index contributed by atoms with van der Waals surface area (Å²) in [6.45, 7) is 7.04. The van der Waals surface area contributed by atoms with E-state index in [1.165, 1.54) is 12.1 Å². The minimum absolute atomic E-state index is 0.0718. The number of benzene rings is 1. The SMILES string of the molecule is C[C@H](CC[C@@H]1[C@H](C)c2cc(C(F)(F)F)ccc2N[C@H]1C1C=CC=CC1)CNCCCCN. The Hall–Kier alpha value is -1.79.